The molecule has 3 rings (SSSR count). The molecule has 1 aliphatic heterocycles. The van der Waals surface area contributed by atoms with Crippen molar-refractivity contribution in [3.8, 4) is 11.8 Å². The second-order valence-electron chi connectivity index (χ2n) is 5.39. The molecule has 6 nitrogen and oxygen atoms in total. The van der Waals surface area contributed by atoms with E-state index < -0.39 is 0 Å². The van der Waals surface area contributed by atoms with Gasteiger partial charge in [0.2, 0.25) is 0 Å². The van der Waals surface area contributed by atoms with Gasteiger partial charge in [0.15, 0.2) is 5.49 Å². The van der Waals surface area contributed by atoms with Gasteiger partial charge in [0.1, 0.15) is 11.6 Å². The molecule has 6 heteroatoms. The molecule has 1 aromatic heterocycles. The van der Waals surface area contributed by atoms with Gasteiger partial charge in [-0.05, 0) is 30.7 Å². The summed E-state index contributed by atoms with van der Waals surface area (Å²) in [5.41, 5.74) is 3.94. The average Bonchev–Trinajstić information content (AvgIpc) is 2.54. The molecule has 2 aromatic rings. The number of hydrogen-bond donors (Lipinski definition) is 1. The van der Waals surface area contributed by atoms with Gasteiger partial charge in [-0.25, -0.2) is 4.68 Å². The fourth-order valence-corrected chi connectivity index (χ4v) is 2.55. The van der Waals surface area contributed by atoms with Crippen LogP contribution in [0.5, 0.6) is 0 Å². The number of ether oxygens (including phenoxy) is 1. The summed E-state index contributed by atoms with van der Waals surface area (Å²) < 4.78 is 6.93. The van der Waals surface area contributed by atoms with E-state index in [1.165, 1.54) is 4.68 Å². The number of nitrogens with one attached hydrogen (secondary N) is 1. The predicted octanol–water partition coefficient (Wildman–Crippen LogP) is 1.36. The van der Waals surface area contributed by atoms with Crippen molar-refractivity contribution < 1.29 is 4.74 Å². The normalized spacial score (nSPS) is 13.3. The molecule has 1 N–H and O–H groups in total. The largest absolute Gasteiger partial charge is 0.378 e. The van der Waals surface area contributed by atoms with Crippen LogP contribution in [0.25, 0.3) is 5.69 Å². The fourth-order valence-electron chi connectivity index (χ4n) is 2.55. The maximum Gasteiger partial charge on any atom is 0.164 e. The van der Waals surface area contributed by atoms with E-state index in [0.29, 0.717) is 25.2 Å². The minimum Gasteiger partial charge on any atom is -0.378 e. The zero-order valence-electron chi connectivity index (χ0n) is 12.6. The lowest BCUT2D eigenvalue weighted by atomic mass is 10.0. The van der Waals surface area contributed by atoms with Crippen LogP contribution in [0.15, 0.2) is 24.3 Å². The molecule has 0 aliphatic carbocycles. The van der Waals surface area contributed by atoms with E-state index in [2.05, 4.69) is 11.2 Å². The van der Waals surface area contributed by atoms with E-state index in [1.807, 2.05) is 43.3 Å². The molecule has 0 spiro atoms. The van der Waals surface area contributed by atoms with Crippen LogP contribution in [0.2, 0.25) is 0 Å². The SMILES string of the molecule is CN(C)c1ccc(-n2nc3c(c(C#N)c2=N)CCOC3)cc1. The van der Waals surface area contributed by atoms with Crippen LogP contribution in [0, 0.1) is 16.7 Å². The molecule has 22 heavy (non-hydrogen) atoms. The summed E-state index contributed by atoms with van der Waals surface area (Å²) in [6.07, 6.45) is 0.636. The molecule has 0 radical (unpaired) electrons. The molecule has 2 heterocycles. The smallest absolute Gasteiger partial charge is 0.164 e. The summed E-state index contributed by atoms with van der Waals surface area (Å²) in [6.45, 7) is 0.963. The van der Waals surface area contributed by atoms with Gasteiger partial charge in [-0.1, -0.05) is 0 Å². The first-order chi connectivity index (χ1) is 10.6. The number of fused-ring (bicyclic) bond motifs is 1. The lowest BCUT2D eigenvalue weighted by Crippen LogP contribution is -2.30. The van der Waals surface area contributed by atoms with Crippen LogP contribution in [-0.4, -0.2) is 30.5 Å². The Hall–Kier alpha value is -2.65. The number of aromatic nitrogens is 2. The first-order valence-corrected chi connectivity index (χ1v) is 7.07. The molecule has 1 aromatic carbocycles. The highest BCUT2D eigenvalue weighted by Gasteiger charge is 2.19. The van der Waals surface area contributed by atoms with Crippen LogP contribution >= 0.6 is 0 Å². The summed E-state index contributed by atoms with van der Waals surface area (Å²) >= 11 is 0. The summed E-state index contributed by atoms with van der Waals surface area (Å²) in [5, 5.41) is 22.2. The number of rotatable bonds is 2. The summed E-state index contributed by atoms with van der Waals surface area (Å²) in [7, 11) is 3.95. The Bertz CT molecular complexity index is 799. The molecule has 0 saturated carbocycles. The lowest BCUT2D eigenvalue weighted by Gasteiger charge is -2.19. The van der Waals surface area contributed by atoms with Crippen molar-refractivity contribution in [1.29, 1.82) is 10.7 Å². The Kier molecular flexibility index (Phi) is 3.65. The van der Waals surface area contributed by atoms with Crippen molar-refractivity contribution in [3.05, 3.63) is 46.6 Å². The minimum atomic E-state index is 0.126. The van der Waals surface area contributed by atoms with Gasteiger partial charge in [0.05, 0.1) is 24.6 Å². The van der Waals surface area contributed by atoms with Crippen LogP contribution in [0.4, 0.5) is 5.69 Å². The molecular formula is C16H17N5O. The zero-order valence-corrected chi connectivity index (χ0v) is 12.6. The quantitative estimate of drug-likeness (QED) is 0.907. The van der Waals surface area contributed by atoms with Crippen molar-refractivity contribution in [1.82, 2.24) is 9.78 Å². The second-order valence-corrected chi connectivity index (χ2v) is 5.39. The number of benzene rings is 1. The van der Waals surface area contributed by atoms with E-state index >= 15 is 0 Å². The van der Waals surface area contributed by atoms with Gasteiger partial charge in [0.25, 0.3) is 0 Å². The van der Waals surface area contributed by atoms with Crippen LogP contribution in [0.1, 0.15) is 16.8 Å². The first-order valence-electron chi connectivity index (χ1n) is 7.07. The number of nitriles is 1. The van der Waals surface area contributed by atoms with Gasteiger partial charge >= 0.3 is 0 Å². The molecule has 0 saturated heterocycles. The van der Waals surface area contributed by atoms with Gasteiger partial charge in [-0.15, -0.1) is 0 Å². The van der Waals surface area contributed by atoms with Crippen LogP contribution in [0.3, 0.4) is 0 Å². The van der Waals surface area contributed by atoms with Gasteiger partial charge in [-0.2, -0.15) is 10.4 Å². The van der Waals surface area contributed by atoms with Gasteiger partial charge < -0.3 is 9.64 Å². The Balaban J connectivity index is 2.15. The van der Waals surface area contributed by atoms with Crippen molar-refractivity contribution in [2.45, 2.75) is 13.0 Å². The van der Waals surface area contributed by atoms with Crippen molar-refractivity contribution in [2.24, 2.45) is 0 Å². The summed E-state index contributed by atoms with van der Waals surface area (Å²) in [4.78, 5) is 2.00. The van der Waals surface area contributed by atoms with Crippen molar-refractivity contribution in [2.75, 3.05) is 25.6 Å². The number of anilines is 1. The molecule has 0 fully saturated rings. The number of hydrogen-bond acceptors (Lipinski definition) is 5. The average molecular weight is 295 g/mol. The maximum absolute atomic E-state index is 9.40. The lowest BCUT2D eigenvalue weighted by molar-refractivity contribution is 0.105. The Morgan fingerprint density at radius 1 is 1.32 bits per heavy atom. The van der Waals surface area contributed by atoms with Gasteiger partial charge in [-0.3, -0.25) is 5.41 Å². The third-order valence-electron chi connectivity index (χ3n) is 3.78. The Labute approximate surface area is 128 Å². The van der Waals surface area contributed by atoms with Gasteiger partial charge in [0, 0.05) is 25.3 Å². The van der Waals surface area contributed by atoms with Crippen molar-refractivity contribution >= 4 is 5.69 Å². The number of nitrogens with zero attached hydrogens (tertiary/aromatic N) is 4. The fraction of sp³-hybridized carbons (Fsp3) is 0.312. The van der Waals surface area contributed by atoms with E-state index in [0.717, 1.165) is 22.6 Å². The summed E-state index contributed by atoms with van der Waals surface area (Å²) in [6, 6.07) is 9.88. The van der Waals surface area contributed by atoms with Crippen molar-refractivity contribution in [3.63, 3.8) is 0 Å². The topological polar surface area (TPSA) is 77.9 Å². The van der Waals surface area contributed by atoms with E-state index in [4.69, 9.17) is 10.1 Å². The third-order valence-corrected chi connectivity index (χ3v) is 3.78. The Morgan fingerprint density at radius 2 is 2.05 bits per heavy atom. The molecule has 1 aliphatic rings. The minimum absolute atomic E-state index is 0.126. The zero-order chi connectivity index (χ0) is 15.7. The first kappa shape index (κ1) is 14.3. The molecule has 0 bridgehead atoms. The second kappa shape index (κ2) is 5.62. The highest BCUT2D eigenvalue weighted by Crippen LogP contribution is 2.18. The molecular weight excluding hydrogens is 278 g/mol. The monoisotopic (exact) mass is 295 g/mol. The molecule has 0 unspecified atom stereocenters. The highest BCUT2D eigenvalue weighted by molar-refractivity contribution is 5.50. The highest BCUT2D eigenvalue weighted by atomic mass is 16.5. The van der Waals surface area contributed by atoms with E-state index in [9.17, 15) is 5.26 Å². The Morgan fingerprint density at radius 3 is 2.68 bits per heavy atom. The van der Waals surface area contributed by atoms with E-state index in [1.54, 1.807) is 0 Å². The predicted molar refractivity (Wildman–Crippen MR) is 81.8 cm³/mol. The maximum atomic E-state index is 9.40. The molecule has 112 valence electrons. The standard InChI is InChI=1S/C16H17N5O/c1-20(2)11-3-5-12(6-4-11)21-16(18)14(9-17)13-7-8-22-10-15(13)19-21/h3-6,18H,7-8,10H2,1-2H3. The molecule has 0 amide bonds. The van der Waals surface area contributed by atoms with Crippen LogP contribution in [-0.2, 0) is 17.8 Å². The molecule has 0 atom stereocenters. The third kappa shape index (κ3) is 2.36. The van der Waals surface area contributed by atoms with E-state index in [-0.39, 0.29) is 5.49 Å². The van der Waals surface area contributed by atoms with Crippen LogP contribution < -0.4 is 10.4 Å². The summed E-state index contributed by atoms with van der Waals surface area (Å²) in [5.74, 6) is 0.